The molecule has 0 heterocycles. The van der Waals surface area contributed by atoms with E-state index in [0.29, 0.717) is 36.2 Å². The zero-order valence-electron chi connectivity index (χ0n) is 26.6. The van der Waals surface area contributed by atoms with Gasteiger partial charge in [-0.1, -0.05) is 74.7 Å². The Bertz CT molecular complexity index is 1080. The fraction of sp³-hybridized carbons (Fsp3) is 0.853. The highest BCUT2D eigenvalue weighted by molar-refractivity contribution is 6.00. The Balaban J connectivity index is 1.83. The molecule has 5 nitrogen and oxygen atoms in total. The molecule has 40 heavy (non-hydrogen) atoms. The predicted molar refractivity (Wildman–Crippen MR) is 154 cm³/mol. The maximum atomic E-state index is 16.6. The molecule has 6 heteroatoms. The van der Waals surface area contributed by atoms with Crippen molar-refractivity contribution in [2.75, 3.05) is 0 Å². The first-order valence-corrected chi connectivity index (χ1v) is 15.7. The largest absolute Gasteiger partial charge is 0.462 e. The Morgan fingerprint density at radius 2 is 1.60 bits per heavy atom. The minimum Gasteiger partial charge on any atom is -0.462 e. The van der Waals surface area contributed by atoms with Crippen LogP contribution in [0.2, 0.25) is 0 Å². The smallest absolute Gasteiger partial charge is 0.303 e. The van der Waals surface area contributed by atoms with Crippen molar-refractivity contribution in [3.05, 3.63) is 11.1 Å². The number of ketones is 1. The average Bonchev–Trinajstić information content (AvgIpc) is 3.08. The quantitative estimate of drug-likeness (QED) is 0.297. The normalized spacial score (nSPS) is 41.2. The van der Waals surface area contributed by atoms with Crippen molar-refractivity contribution in [3.63, 3.8) is 0 Å². The van der Waals surface area contributed by atoms with Gasteiger partial charge in [0, 0.05) is 43.1 Å². The second-order valence-corrected chi connectivity index (χ2v) is 15.4. The van der Waals surface area contributed by atoms with Gasteiger partial charge in [-0.2, -0.15) is 0 Å². The molecule has 0 aliphatic heterocycles. The van der Waals surface area contributed by atoms with Crippen LogP contribution in [-0.2, 0) is 23.9 Å². The van der Waals surface area contributed by atoms with Crippen molar-refractivity contribution in [2.45, 2.75) is 139 Å². The topological polar surface area (TPSA) is 69.7 Å². The molecule has 4 aliphatic carbocycles. The Hall–Kier alpha value is -1.72. The molecule has 0 radical (unpaired) electrons. The number of halogens is 1. The highest BCUT2D eigenvalue weighted by Gasteiger charge is 2.70. The number of carbonyl (C=O) groups excluding carboxylic acids is 3. The van der Waals surface area contributed by atoms with Crippen LogP contribution in [0.15, 0.2) is 11.1 Å². The van der Waals surface area contributed by atoms with Gasteiger partial charge in [0.05, 0.1) is 0 Å². The van der Waals surface area contributed by atoms with Crippen molar-refractivity contribution < 1.29 is 28.2 Å². The van der Waals surface area contributed by atoms with Crippen LogP contribution < -0.4 is 0 Å². The summed E-state index contributed by atoms with van der Waals surface area (Å²) in [4.78, 5) is 38.9. The van der Waals surface area contributed by atoms with Gasteiger partial charge in [0.25, 0.3) is 0 Å². The SMILES string of the molecule is CC(=O)O[C@H]1C[C@H]2C(C)(C)[C@@H](OC(C)=O)C[C@H](F)[C@]2(C)C2=C1[C@]1(C)CC[C@H]([C@H](C)CCCC(C)C)[C@@]1(C)CC2=O. The summed E-state index contributed by atoms with van der Waals surface area (Å²) >= 11 is 0. The van der Waals surface area contributed by atoms with Gasteiger partial charge in [-0.3, -0.25) is 14.4 Å². The van der Waals surface area contributed by atoms with Gasteiger partial charge in [0.1, 0.15) is 18.4 Å². The molecule has 0 aromatic heterocycles. The second-order valence-electron chi connectivity index (χ2n) is 15.4. The van der Waals surface area contributed by atoms with Crippen molar-refractivity contribution in [3.8, 4) is 0 Å². The third-order valence-corrected chi connectivity index (χ3v) is 12.3. The summed E-state index contributed by atoms with van der Waals surface area (Å²) in [5.41, 5.74) is -0.818. The highest BCUT2D eigenvalue weighted by atomic mass is 19.1. The third-order valence-electron chi connectivity index (χ3n) is 12.3. The molecule has 2 saturated carbocycles. The number of carbonyl (C=O) groups is 3. The van der Waals surface area contributed by atoms with E-state index in [9.17, 15) is 14.4 Å². The van der Waals surface area contributed by atoms with E-state index in [2.05, 4.69) is 34.6 Å². The van der Waals surface area contributed by atoms with E-state index >= 15 is 4.39 Å². The zero-order valence-corrected chi connectivity index (χ0v) is 26.6. The molecule has 0 amide bonds. The molecule has 0 unspecified atom stereocenters. The Morgan fingerprint density at radius 1 is 0.975 bits per heavy atom. The number of esters is 2. The van der Waals surface area contributed by atoms with E-state index in [1.54, 1.807) is 0 Å². The molecule has 4 aliphatic rings. The lowest BCUT2D eigenvalue weighted by molar-refractivity contribution is -0.184. The number of ether oxygens (including phenoxy) is 2. The van der Waals surface area contributed by atoms with Gasteiger partial charge in [-0.15, -0.1) is 0 Å². The van der Waals surface area contributed by atoms with Crippen molar-refractivity contribution in [2.24, 2.45) is 45.3 Å². The predicted octanol–water partition coefficient (Wildman–Crippen LogP) is 7.80. The summed E-state index contributed by atoms with van der Waals surface area (Å²) in [5, 5.41) is 0. The molecule has 4 rings (SSSR count). The molecule has 0 N–H and O–H groups in total. The summed E-state index contributed by atoms with van der Waals surface area (Å²) in [6.45, 7) is 20.1. The molecule has 226 valence electrons. The summed E-state index contributed by atoms with van der Waals surface area (Å²) in [6.07, 6.45) is 3.79. The molecule has 0 spiro atoms. The van der Waals surface area contributed by atoms with Gasteiger partial charge in [-0.25, -0.2) is 4.39 Å². The minimum atomic E-state index is -1.35. The molecule has 0 aromatic rings. The van der Waals surface area contributed by atoms with Gasteiger partial charge < -0.3 is 9.47 Å². The van der Waals surface area contributed by atoms with Crippen LogP contribution in [0.1, 0.15) is 121 Å². The number of Topliss-reactive ketones (excluding diaryl/α,β-unsaturated/α-hetero) is 1. The Morgan fingerprint density at radius 3 is 2.17 bits per heavy atom. The fourth-order valence-electron chi connectivity index (χ4n) is 10.0. The second kappa shape index (κ2) is 10.5. The van der Waals surface area contributed by atoms with E-state index in [1.807, 2.05) is 20.8 Å². The number of allylic oxidation sites excluding steroid dienone is 1. The lowest BCUT2D eigenvalue weighted by Crippen LogP contribution is -2.64. The van der Waals surface area contributed by atoms with Crippen molar-refractivity contribution >= 4 is 17.7 Å². The van der Waals surface area contributed by atoms with Crippen LogP contribution >= 0.6 is 0 Å². The van der Waals surface area contributed by atoms with Crippen molar-refractivity contribution in [1.29, 1.82) is 0 Å². The Labute approximate surface area is 241 Å². The molecular weight excluding hydrogens is 507 g/mol. The molecule has 9 atom stereocenters. The monoisotopic (exact) mass is 560 g/mol. The minimum absolute atomic E-state index is 0.0185. The van der Waals surface area contributed by atoms with Crippen LogP contribution in [0.4, 0.5) is 4.39 Å². The molecule has 2 fully saturated rings. The van der Waals surface area contributed by atoms with Crippen LogP contribution in [-0.4, -0.2) is 36.1 Å². The van der Waals surface area contributed by atoms with Crippen molar-refractivity contribution in [1.82, 2.24) is 0 Å². The number of rotatable bonds is 7. The van der Waals surface area contributed by atoms with Gasteiger partial charge in [-0.05, 0) is 59.3 Å². The maximum Gasteiger partial charge on any atom is 0.303 e. The molecule has 0 saturated heterocycles. The summed E-state index contributed by atoms with van der Waals surface area (Å²) in [5.74, 6) is 0.398. The summed E-state index contributed by atoms with van der Waals surface area (Å²) in [6, 6.07) is 0. The standard InChI is InChI=1S/C34H53FO5/c1-19(2)12-11-13-20(3)23-14-15-32(8)30-25(39-21(4)36)16-26-31(6,7)28(40-22(5)37)17-27(35)34(26,10)29(30)24(38)18-33(23,32)9/h19-20,23,25-28H,11-18H2,1-10H3/t20-,23-,25+,26+,27+,28+,32+,33-,34-/m1/s1. The third kappa shape index (κ3) is 4.68. The molecule has 0 bridgehead atoms. The van der Waals surface area contributed by atoms with Gasteiger partial charge in [0.15, 0.2) is 5.78 Å². The zero-order chi connectivity index (χ0) is 30.0. The van der Waals surface area contributed by atoms with Gasteiger partial charge in [0.2, 0.25) is 0 Å². The lowest BCUT2D eigenvalue weighted by atomic mass is 9.42. The Kier molecular flexibility index (Phi) is 8.22. The lowest BCUT2D eigenvalue weighted by Gasteiger charge is -2.63. The van der Waals surface area contributed by atoms with E-state index in [4.69, 9.17) is 9.47 Å². The van der Waals surface area contributed by atoms with Crippen LogP contribution in [0, 0.1) is 45.3 Å². The molecule has 0 aromatic carbocycles. The first kappa shape index (κ1) is 31.2. The summed E-state index contributed by atoms with van der Waals surface area (Å²) < 4.78 is 28.3. The van der Waals surface area contributed by atoms with E-state index < -0.39 is 35.2 Å². The first-order valence-electron chi connectivity index (χ1n) is 15.7. The highest BCUT2D eigenvalue weighted by Crippen LogP contribution is 2.72. The maximum absolute atomic E-state index is 16.6. The number of fused-ring (bicyclic) bond motifs is 4. The van der Waals surface area contributed by atoms with E-state index in [0.717, 1.165) is 24.8 Å². The van der Waals surface area contributed by atoms with Crippen LogP contribution in [0.3, 0.4) is 0 Å². The number of hydrogen-bond donors (Lipinski definition) is 0. The molecular formula is C34H53FO5. The fourth-order valence-corrected chi connectivity index (χ4v) is 10.0. The summed E-state index contributed by atoms with van der Waals surface area (Å²) in [7, 11) is 0. The van der Waals surface area contributed by atoms with Crippen LogP contribution in [0.5, 0.6) is 0 Å². The van der Waals surface area contributed by atoms with Crippen LogP contribution in [0.25, 0.3) is 0 Å². The number of hydrogen-bond acceptors (Lipinski definition) is 5. The van der Waals surface area contributed by atoms with E-state index in [1.165, 1.54) is 26.7 Å². The van der Waals surface area contributed by atoms with E-state index in [-0.39, 0.29) is 34.9 Å². The average molecular weight is 561 g/mol. The number of alkyl halides is 1. The van der Waals surface area contributed by atoms with Gasteiger partial charge >= 0.3 is 11.9 Å². The first-order chi connectivity index (χ1) is 18.4.